The summed E-state index contributed by atoms with van der Waals surface area (Å²) in [6, 6.07) is 6.75. The summed E-state index contributed by atoms with van der Waals surface area (Å²) >= 11 is 0. The lowest BCUT2D eigenvalue weighted by molar-refractivity contribution is 0.0506. The molecule has 94 valence electrons. The summed E-state index contributed by atoms with van der Waals surface area (Å²) in [6.45, 7) is 3.86. The van der Waals surface area contributed by atoms with E-state index in [0.717, 1.165) is 10.9 Å². The molecule has 0 saturated heterocycles. The zero-order valence-corrected chi connectivity index (χ0v) is 10.1. The number of hydrogen-bond donors (Lipinski definition) is 0. The molecule has 18 heavy (non-hydrogen) atoms. The van der Waals surface area contributed by atoms with Crippen LogP contribution in [0.25, 0.3) is 11.0 Å². The molecular formula is C14H14O4. The highest BCUT2D eigenvalue weighted by molar-refractivity contribution is 5.79. The van der Waals surface area contributed by atoms with Gasteiger partial charge in [0.05, 0.1) is 0 Å². The molecule has 0 atom stereocenters. The highest BCUT2D eigenvalue weighted by Crippen LogP contribution is 2.26. The van der Waals surface area contributed by atoms with Crippen LogP contribution in [-0.2, 0) is 11.2 Å². The molecule has 2 rings (SSSR count). The third-order valence-corrected chi connectivity index (χ3v) is 2.50. The molecule has 0 spiro atoms. The van der Waals surface area contributed by atoms with E-state index < -0.39 is 0 Å². The predicted octanol–water partition coefficient (Wildman–Crippen LogP) is 2.50. The van der Waals surface area contributed by atoms with Gasteiger partial charge in [0, 0.05) is 24.6 Å². The first kappa shape index (κ1) is 12.4. The number of benzene rings is 1. The first-order valence-corrected chi connectivity index (χ1v) is 5.54. The Balaban J connectivity index is 2.52. The Kier molecular flexibility index (Phi) is 3.79. The Bertz CT molecular complexity index is 613. The fourth-order valence-corrected chi connectivity index (χ4v) is 1.72. The highest BCUT2D eigenvalue weighted by Gasteiger charge is 2.07. The SMILES string of the molecule is C=CCc1cc2ccc(=O)oc2cc1OCOC. The van der Waals surface area contributed by atoms with Gasteiger partial charge in [0.2, 0.25) is 0 Å². The lowest BCUT2D eigenvalue weighted by Crippen LogP contribution is -2.02. The molecule has 0 radical (unpaired) electrons. The summed E-state index contributed by atoms with van der Waals surface area (Å²) in [7, 11) is 1.55. The van der Waals surface area contributed by atoms with Crippen molar-refractivity contribution in [3.05, 3.63) is 52.9 Å². The molecule has 0 amide bonds. The number of ether oxygens (including phenoxy) is 2. The molecule has 4 nitrogen and oxygen atoms in total. The van der Waals surface area contributed by atoms with Crippen LogP contribution in [0.4, 0.5) is 0 Å². The normalized spacial score (nSPS) is 10.5. The molecule has 1 aromatic heterocycles. The van der Waals surface area contributed by atoms with Crippen LogP contribution >= 0.6 is 0 Å². The van der Waals surface area contributed by atoms with Gasteiger partial charge in [-0.05, 0) is 24.1 Å². The average molecular weight is 246 g/mol. The second-order valence-corrected chi connectivity index (χ2v) is 3.80. The fraction of sp³-hybridized carbons (Fsp3) is 0.214. The third kappa shape index (κ3) is 2.60. The van der Waals surface area contributed by atoms with Crippen molar-refractivity contribution in [2.24, 2.45) is 0 Å². The number of hydrogen-bond acceptors (Lipinski definition) is 4. The fourth-order valence-electron chi connectivity index (χ4n) is 1.72. The van der Waals surface area contributed by atoms with Gasteiger partial charge in [0.15, 0.2) is 6.79 Å². The molecule has 0 saturated carbocycles. The molecule has 0 unspecified atom stereocenters. The summed E-state index contributed by atoms with van der Waals surface area (Å²) in [5.74, 6) is 0.638. The van der Waals surface area contributed by atoms with Gasteiger partial charge >= 0.3 is 5.63 Å². The van der Waals surface area contributed by atoms with Crippen LogP contribution < -0.4 is 10.4 Å². The van der Waals surface area contributed by atoms with Crippen LogP contribution in [0.15, 0.2) is 46.1 Å². The third-order valence-electron chi connectivity index (χ3n) is 2.50. The van der Waals surface area contributed by atoms with Gasteiger partial charge < -0.3 is 13.9 Å². The van der Waals surface area contributed by atoms with E-state index in [2.05, 4.69) is 6.58 Å². The van der Waals surface area contributed by atoms with E-state index in [0.29, 0.717) is 17.8 Å². The largest absolute Gasteiger partial charge is 0.467 e. The smallest absolute Gasteiger partial charge is 0.336 e. The van der Waals surface area contributed by atoms with Gasteiger partial charge in [-0.3, -0.25) is 0 Å². The van der Waals surface area contributed by atoms with Gasteiger partial charge in [-0.15, -0.1) is 6.58 Å². The molecule has 2 aromatic rings. The lowest BCUT2D eigenvalue weighted by atomic mass is 10.1. The molecule has 1 aromatic carbocycles. The molecule has 0 aliphatic rings. The molecule has 0 aliphatic heterocycles. The van der Waals surface area contributed by atoms with Crippen LogP contribution in [0.5, 0.6) is 5.75 Å². The van der Waals surface area contributed by atoms with Gasteiger partial charge in [0.1, 0.15) is 11.3 Å². The van der Waals surface area contributed by atoms with Gasteiger partial charge in [0.25, 0.3) is 0 Å². The van der Waals surface area contributed by atoms with Crippen LogP contribution in [0.2, 0.25) is 0 Å². The van der Waals surface area contributed by atoms with E-state index in [1.54, 1.807) is 25.3 Å². The van der Waals surface area contributed by atoms with E-state index in [1.165, 1.54) is 6.07 Å². The summed E-state index contributed by atoms with van der Waals surface area (Å²) in [6.07, 6.45) is 2.47. The van der Waals surface area contributed by atoms with Crippen molar-refractivity contribution in [2.45, 2.75) is 6.42 Å². The summed E-state index contributed by atoms with van der Waals surface area (Å²) < 4.78 is 15.4. The Morgan fingerprint density at radius 3 is 2.94 bits per heavy atom. The van der Waals surface area contributed by atoms with E-state index in [9.17, 15) is 4.79 Å². The molecule has 0 N–H and O–H groups in total. The van der Waals surface area contributed by atoms with Crippen molar-refractivity contribution >= 4 is 11.0 Å². The predicted molar refractivity (Wildman–Crippen MR) is 68.9 cm³/mol. The zero-order chi connectivity index (χ0) is 13.0. The number of rotatable bonds is 5. The second kappa shape index (κ2) is 5.51. The standard InChI is InChI=1S/C14H14O4/c1-3-4-10-7-11-5-6-14(15)18-13(11)8-12(10)17-9-16-2/h3,5-8H,1,4,9H2,2H3. The number of fused-ring (bicyclic) bond motifs is 1. The molecule has 4 heteroatoms. The summed E-state index contributed by atoms with van der Waals surface area (Å²) in [5, 5.41) is 0.858. The monoisotopic (exact) mass is 246 g/mol. The maximum atomic E-state index is 11.2. The first-order valence-electron chi connectivity index (χ1n) is 5.54. The van der Waals surface area contributed by atoms with Crippen molar-refractivity contribution in [1.82, 2.24) is 0 Å². The molecule has 1 heterocycles. The number of allylic oxidation sites excluding steroid dienone is 1. The Labute approximate surface area is 104 Å². The Morgan fingerprint density at radius 2 is 2.22 bits per heavy atom. The van der Waals surface area contributed by atoms with Crippen molar-refractivity contribution in [3.8, 4) is 5.75 Å². The quantitative estimate of drug-likeness (QED) is 0.462. The minimum atomic E-state index is -0.378. The Morgan fingerprint density at radius 1 is 1.39 bits per heavy atom. The van der Waals surface area contributed by atoms with Crippen molar-refractivity contribution in [1.29, 1.82) is 0 Å². The second-order valence-electron chi connectivity index (χ2n) is 3.80. The lowest BCUT2D eigenvalue weighted by Gasteiger charge is -2.10. The maximum Gasteiger partial charge on any atom is 0.336 e. The van der Waals surface area contributed by atoms with Crippen LogP contribution in [-0.4, -0.2) is 13.9 Å². The summed E-state index contributed by atoms with van der Waals surface area (Å²) in [5.41, 5.74) is 1.10. The van der Waals surface area contributed by atoms with Crippen molar-refractivity contribution in [2.75, 3.05) is 13.9 Å². The van der Waals surface area contributed by atoms with Gasteiger partial charge in [-0.1, -0.05) is 6.08 Å². The summed E-state index contributed by atoms with van der Waals surface area (Å²) in [4.78, 5) is 11.2. The molecular weight excluding hydrogens is 232 g/mol. The minimum Gasteiger partial charge on any atom is -0.467 e. The van der Waals surface area contributed by atoms with Crippen molar-refractivity contribution in [3.63, 3.8) is 0 Å². The van der Waals surface area contributed by atoms with Gasteiger partial charge in [-0.2, -0.15) is 0 Å². The highest BCUT2D eigenvalue weighted by atomic mass is 16.7. The van der Waals surface area contributed by atoms with Crippen LogP contribution in [0.1, 0.15) is 5.56 Å². The molecule has 0 fully saturated rings. The molecule has 0 bridgehead atoms. The maximum absolute atomic E-state index is 11.2. The van der Waals surface area contributed by atoms with Crippen LogP contribution in [0, 0.1) is 0 Å². The minimum absolute atomic E-state index is 0.146. The Hall–Kier alpha value is -2.07. The first-order chi connectivity index (χ1) is 8.74. The molecule has 0 aliphatic carbocycles. The van der Waals surface area contributed by atoms with E-state index >= 15 is 0 Å². The average Bonchev–Trinajstić information content (AvgIpc) is 2.37. The van der Waals surface area contributed by atoms with E-state index in [-0.39, 0.29) is 12.4 Å². The topological polar surface area (TPSA) is 48.7 Å². The van der Waals surface area contributed by atoms with Gasteiger partial charge in [-0.25, -0.2) is 4.79 Å². The van der Waals surface area contributed by atoms with E-state index in [1.807, 2.05) is 6.07 Å². The van der Waals surface area contributed by atoms with Crippen molar-refractivity contribution < 1.29 is 13.9 Å². The van der Waals surface area contributed by atoms with Crippen LogP contribution in [0.3, 0.4) is 0 Å². The number of methoxy groups -OCH3 is 1. The van der Waals surface area contributed by atoms with E-state index in [4.69, 9.17) is 13.9 Å². The zero-order valence-electron chi connectivity index (χ0n) is 10.1.